The van der Waals surface area contributed by atoms with Gasteiger partial charge in [-0.05, 0) is 33.1 Å². The van der Waals surface area contributed by atoms with Gasteiger partial charge in [-0.25, -0.2) is 4.79 Å². The first kappa shape index (κ1) is 15.8. The quantitative estimate of drug-likeness (QED) is 0.843. The lowest BCUT2D eigenvalue weighted by atomic mass is 9.97. The Morgan fingerprint density at radius 1 is 1.22 bits per heavy atom. The first-order valence-corrected chi connectivity index (χ1v) is 8.15. The minimum Gasteiger partial charge on any atom is -0.331 e. The molecule has 0 unspecified atom stereocenters. The number of fused-ring (bicyclic) bond motifs is 1. The van der Waals surface area contributed by atoms with Crippen molar-refractivity contribution in [3.63, 3.8) is 0 Å². The van der Waals surface area contributed by atoms with Crippen LogP contribution in [0.4, 0.5) is 4.79 Å². The van der Waals surface area contributed by atoms with Crippen molar-refractivity contribution in [2.45, 2.75) is 38.6 Å². The lowest BCUT2D eigenvalue weighted by Gasteiger charge is -2.47. The van der Waals surface area contributed by atoms with Crippen molar-refractivity contribution >= 4 is 11.9 Å². The summed E-state index contributed by atoms with van der Waals surface area (Å²) in [5.74, 6) is -0.0219. The molecular formula is C16H25N5O2. The molecule has 7 nitrogen and oxygen atoms in total. The van der Waals surface area contributed by atoms with E-state index in [0.717, 1.165) is 30.5 Å². The van der Waals surface area contributed by atoms with Crippen LogP contribution in [0.2, 0.25) is 0 Å². The fraction of sp³-hybridized carbons (Fsp3) is 0.688. The number of piperazine rings is 1. The Hall–Kier alpha value is -2.05. The largest absolute Gasteiger partial charge is 0.331 e. The zero-order valence-corrected chi connectivity index (χ0v) is 14.3. The Bertz CT molecular complexity index is 634. The number of nitrogens with zero attached hydrogens (tertiary/aromatic N) is 4. The molecule has 1 fully saturated rings. The predicted molar refractivity (Wildman–Crippen MR) is 86.4 cm³/mol. The van der Waals surface area contributed by atoms with Crippen LogP contribution in [0.3, 0.4) is 0 Å². The normalized spacial score (nSPS) is 19.7. The van der Waals surface area contributed by atoms with E-state index in [0.29, 0.717) is 25.3 Å². The number of rotatable bonds is 1. The van der Waals surface area contributed by atoms with Gasteiger partial charge in [0.1, 0.15) is 0 Å². The van der Waals surface area contributed by atoms with Gasteiger partial charge in [0.2, 0.25) is 0 Å². The van der Waals surface area contributed by atoms with Crippen molar-refractivity contribution < 1.29 is 9.59 Å². The minimum absolute atomic E-state index is 0.00849. The van der Waals surface area contributed by atoms with Crippen LogP contribution < -0.4 is 0 Å². The van der Waals surface area contributed by atoms with Crippen LogP contribution in [0.15, 0.2) is 0 Å². The van der Waals surface area contributed by atoms with Gasteiger partial charge in [0.15, 0.2) is 5.69 Å². The van der Waals surface area contributed by atoms with E-state index >= 15 is 0 Å². The molecule has 0 bridgehead atoms. The molecule has 1 saturated heterocycles. The molecule has 1 N–H and O–H groups in total. The van der Waals surface area contributed by atoms with Gasteiger partial charge in [-0.3, -0.25) is 9.89 Å². The van der Waals surface area contributed by atoms with E-state index in [1.165, 1.54) is 0 Å². The summed E-state index contributed by atoms with van der Waals surface area (Å²) in [5.41, 5.74) is 2.34. The van der Waals surface area contributed by atoms with Crippen molar-refractivity contribution in [2.75, 3.05) is 33.7 Å². The molecule has 2 aliphatic rings. The maximum Gasteiger partial charge on any atom is 0.319 e. The number of hydrogen-bond acceptors (Lipinski definition) is 3. The summed E-state index contributed by atoms with van der Waals surface area (Å²) in [7, 11) is 3.50. The summed E-state index contributed by atoms with van der Waals surface area (Å²) in [6, 6.07) is -0.00849. The van der Waals surface area contributed by atoms with Gasteiger partial charge < -0.3 is 14.7 Å². The van der Waals surface area contributed by atoms with Crippen molar-refractivity contribution in [1.29, 1.82) is 0 Å². The molecule has 7 heteroatoms. The number of nitrogens with one attached hydrogen (secondary N) is 1. The topological polar surface area (TPSA) is 72.5 Å². The minimum atomic E-state index is -0.411. The third-order valence-electron chi connectivity index (χ3n) is 4.81. The fourth-order valence-corrected chi connectivity index (χ4v) is 3.60. The van der Waals surface area contributed by atoms with Crippen LogP contribution >= 0.6 is 0 Å². The third kappa shape index (κ3) is 2.68. The number of amides is 3. The van der Waals surface area contributed by atoms with Gasteiger partial charge >= 0.3 is 6.03 Å². The van der Waals surface area contributed by atoms with Crippen LogP contribution in [0.1, 0.15) is 42.0 Å². The number of aromatic nitrogens is 2. The molecular weight excluding hydrogens is 294 g/mol. The second-order valence-corrected chi connectivity index (χ2v) is 7.25. The lowest BCUT2D eigenvalue weighted by molar-refractivity contribution is 0.0235. The second-order valence-electron chi connectivity index (χ2n) is 7.25. The Morgan fingerprint density at radius 2 is 1.96 bits per heavy atom. The first-order chi connectivity index (χ1) is 10.8. The maximum atomic E-state index is 13.0. The Labute approximate surface area is 136 Å². The van der Waals surface area contributed by atoms with Gasteiger partial charge in [0.25, 0.3) is 5.91 Å². The highest BCUT2D eigenvalue weighted by atomic mass is 16.2. The van der Waals surface area contributed by atoms with Gasteiger partial charge in [-0.2, -0.15) is 5.10 Å². The molecule has 3 amide bonds. The maximum absolute atomic E-state index is 13.0. The van der Waals surface area contributed by atoms with E-state index in [1.54, 1.807) is 23.9 Å². The monoisotopic (exact) mass is 319 g/mol. The molecule has 0 saturated carbocycles. The van der Waals surface area contributed by atoms with Gasteiger partial charge in [-0.15, -0.1) is 0 Å². The van der Waals surface area contributed by atoms with E-state index in [9.17, 15) is 9.59 Å². The molecule has 0 aromatic carbocycles. The SMILES string of the molecule is CN(C)C(=O)N1CCN(C(=O)c2n[nH]c3c2CCC3)C(C)(C)C1. The van der Waals surface area contributed by atoms with E-state index < -0.39 is 5.54 Å². The Kier molecular flexibility index (Phi) is 3.82. The highest BCUT2D eigenvalue weighted by molar-refractivity contribution is 5.95. The highest BCUT2D eigenvalue weighted by Gasteiger charge is 2.40. The average molecular weight is 319 g/mol. The number of H-pyrrole nitrogens is 1. The summed E-state index contributed by atoms with van der Waals surface area (Å²) in [4.78, 5) is 30.4. The van der Waals surface area contributed by atoms with Crippen LogP contribution in [0, 0.1) is 0 Å². The molecule has 23 heavy (non-hydrogen) atoms. The molecule has 0 atom stereocenters. The van der Waals surface area contributed by atoms with Crippen LogP contribution in [-0.4, -0.2) is 76.1 Å². The van der Waals surface area contributed by atoms with Crippen LogP contribution in [0.5, 0.6) is 0 Å². The summed E-state index contributed by atoms with van der Waals surface area (Å²) < 4.78 is 0. The number of carbonyl (C=O) groups is 2. The van der Waals surface area contributed by atoms with E-state index in [1.807, 2.05) is 18.7 Å². The third-order valence-corrected chi connectivity index (χ3v) is 4.81. The summed E-state index contributed by atoms with van der Waals surface area (Å²) >= 11 is 0. The molecule has 1 aliphatic heterocycles. The lowest BCUT2D eigenvalue weighted by Crippen LogP contribution is -2.63. The molecule has 0 radical (unpaired) electrons. The summed E-state index contributed by atoms with van der Waals surface area (Å²) in [6.45, 7) is 5.63. The van der Waals surface area contributed by atoms with E-state index in [4.69, 9.17) is 0 Å². The predicted octanol–water partition coefficient (Wildman–Crippen LogP) is 1.12. The molecule has 0 spiro atoms. The first-order valence-electron chi connectivity index (χ1n) is 8.15. The van der Waals surface area contributed by atoms with Crippen LogP contribution in [0.25, 0.3) is 0 Å². The van der Waals surface area contributed by atoms with Crippen molar-refractivity contribution in [2.24, 2.45) is 0 Å². The van der Waals surface area contributed by atoms with Gasteiger partial charge in [0.05, 0.1) is 5.54 Å². The summed E-state index contributed by atoms with van der Waals surface area (Å²) in [6.07, 6.45) is 2.98. The zero-order valence-electron chi connectivity index (χ0n) is 14.3. The fourth-order valence-electron chi connectivity index (χ4n) is 3.60. The Balaban J connectivity index is 1.78. The molecule has 2 heterocycles. The van der Waals surface area contributed by atoms with E-state index in [2.05, 4.69) is 10.2 Å². The van der Waals surface area contributed by atoms with Gasteiger partial charge in [-0.1, -0.05) is 0 Å². The standard InChI is InChI=1S/C16H25N5O2/c1-16(2)10-20(15(23)19(3)4)8-9-21(16)14(22)13-11-6-5-7-12(11)17-18-13/h5-10H2,1-4H3,(H,17,18). The number of urea groups is 1. The van der Waals surface area contributed by atoms with Crippen LogP contribution in [-0.2, 0) is 12.8 Å². The van der Waals surface area contributed by atoms with Gasteiger partial charge in [0, 0.05) is 45.0 Å². The van der Waals surface area contributed by atoms with Crippen molar-refractivity contribution in [3.8, 4) is 0 Å². The molecule has 1 aliphatic carbocycles. The average Bonchev–Trinajstić information content (AvgIpc) is 3.07. The molecule has 3 rings (SSSR count). The summed E-state index contributed by atoms with van der Waals surface area (Å²) in [5, 5.41) is 7.26. The van der Waals surface area contributed by atoms with Crippen molar-refractivity contribution in [1.82, 2.24) is 24.9 Å². The second kappa shape index (κ2) is 5.54. The number of carbonyl (C=O) groups excluding carboxylic acids is 2. The molecule has 126 valence electrons. The number of hydrogen-bond donors (Lipinski definition) is 1. The smallest absolute Gasteiger partial charge is 0.319 e. The zero-order chi connectivity index (χ0) is 16.8. The molecule has 1 aromatic heterocycles. The Morgan fingerprint density at radius 3 is 2.61 bits per heavy atom. The van der Waals surface area contributed by atoms with E-state index in [-0.39, 0.29) is 11.9 Å². The number of aryl methyl sites for hydroxylation is 1. The van der Waals surface area contributed by atoms with Crippen molar-refractivity contribution in [3.05, 3.63) is 17.0 Å². The number of aromatic amines is 1. The highest BCUT2D eigenvalue weighted by Crippen LogP contribution is 2.28. The molecule has 1 aromatic rings.